The van der Waals surface area contributed by atoms with Crippen LogP contribution in [0.25, 0.3) is 5.95 Å². The minimum Gasteiger partial charge on any atom is -0.726 e. The van der Waals surface area contributed by atoms with Crippen LogP contribution < -0.4 is 119 Å². The van der Waals surface area contributed by atoms with Gasteiger partial charge in [-0.1, -0.05) is 0 Å². The number of nitrogen functional groups attached to an aromatic ring is 1. The minimum atomic E-state index is -5.11. The molecular formula is C24H19ClN8Na3O12S3+. The number of pyridine rings is 1. The molecule has 4 rings (SSSR count). The number of nitrogens with one attached hydrogen (secondary N) is 1. The molecule has 20 nitrogen and oxygen atoms in total. The number of nitrogens with zero attached hydrogens (tertiary/aromatic N) is 6. The maximum absolute atomic E-state index is 12.8. The molecule has 2 aromatic carbocycles. The van der Waals surface area contributed by atoms with Crippen LogP contribution in [0.15, 0.2) is 74.9 Å². The van der Waals surface area contributed by atoms with E-state index in [1.54, 1.807) is 0 Å². The molecule has 0 atom stereocenters. The molecule has 0 aliphatic heterocycles. The van der Waals surface area contributed by atoms with E-state index in [2.05, 4.69) is 44.1 Å². The van der Waals surface area contributed by atoms with Gasteiger partial charge >= 0.3 is 106 Å². The van der Waals surface area contributed by atoms with Crippen molar-refractivity contribution in [2.75, 3.05) is 30.5 Å². The van der Waals surface area contributed by atoms with Gasteiger partial charge in [0.1, 0.15) is 17.1 Å². The summed E-state index contributed by atoms with van der Waals surface area (Å²) in [7, 11) is -8.00. The number of hydrogen-bond acceptors (Lipinski definition) is 20. The van der Waals surface area contributed by atoms with Crippen LogP contribution in [0.3, 0.4) is 0 Å². The summed E-state index contributed by atoms with van der Waals surface area (Å²) in [5, 5.41) is 35.8. The van der Waals surface area contributed by atoms with E-state index in [9.17, 15) is 36.5 Å². The van der Waals surface area contributed by atoms with Crippen molar-refractivity contribution >= 4 is 78.5 Å². The summed E-state index contributed by atoms with van der Waals surface area (Å²) in [6.07, 6.45) is 2.70. The summed E-state index contributed by atoms with van der Waals surface area (Å²) in [5.41, 5.74) is 6.06. The Bertz CT molecular complexity index is 2090. The number of azo groups is 1. The van der Waals surface area contributed by atoms with Crippen molar-refractivity contribution in [1.82, 2.24) is 15.0 Å². The molecule has 2 aromatic heterocycles. The quantitative estimate of drug-likeness (QED) is 0.0130. The molecular weight excluding hydrogens is 793 g/mol. The predicted octanol–water partition coefficient (Wildman–Crippen LogP) is -8.59. The fraction of sp³-hybridized carbons (Fsp3) is 0.125. The number of carbonyl (C=O) groups excluding carboxylic acids is 1. The van der Waals surface area contributed by atoms with Gasteiger partial charge in [0.05, 0.1) is 65.4 Å². The molecule has 3 N–H and O–H groups in total. The Kier molecular flexibility index (Phi) is 19.8. The zero-order valence-electron chi connectivity index (χ0n) is 26.9. The number of rotatable bonds is 15. The number of sulfone groups is 1. The van der Waals surface area contributed by atoms with Crippen molar-refractivity contribution in [1.29, 1.82) is 0 Å². The smallest absolute Gasteiger partial charge is 0.726 e. The number of halogens is 1. The Morgan fingerprint density at radius 2 is 1.69 bits per heavy atom. The maximum atomic E-state index is 12.8. The van der Waals surface area contributed by atoms with Crippen molar-refractivity contribution < 1.29 is 148 Å². The summed E-state index contributed by atoms with van der Waals surface area (Å²) in [4.78, 5) is 23.2. The summed E-state index contributed by atoms with van der Waals surface area (Å²) < 4.78 is 72.5. The first kappa shape index (κ1) is 47.4. The number of hydrogen-bond donors (Lipinski definition) is 2. The maximum Gasteiger partial charge on any atom is 1.00 e. The second kappa shape index (κ2) is 21.3. The number of aromatic carboxylic acids is 1. The molecule has 27 heteroatoms. The predicted molar refractivity (Wildman–Crippen MR) is 158 cm³/mol. The summed E-state index contributed by atoms with van der Waals surface area (Å²) >= 11 is 6.56. The summed E-state index contributed by atoms with van der Waals surface area (Å²) in [6.45, 7) is -0.917. The van der Waals surface area contributed by atoms with E-state index in [0.717, 1.165) is 12.1 Å². The zero-order chi connectivity index (χ0) is 35.1. The van der Waals surface area contributed by atoms with E-state index in [1.165, 1.54) is 54.4 Å². The number of methoxy groups -OCH3 is 1. The second-order valence-corrected chi connectivity index (χ2v) is 13.1. The number of aromatic nitrogens is 4. The number of benzene rings is 2. The average Bonchev–Trinajstić information content (AvgIpc) is 3.02. The largest absolute Gasteiger partial charge is 1.00 e. The number of nitrogens with two attached hydrogens (primary N) is 1. The van der Waals surface area contributed by atoms with Gasteiger partial charge in [-0.15, -0.1) is 10.2 Å². The zero-order valence-corrected chi connectivity index (χ0v) is 36.1. The Labute approximate surface area is 365 Å². The molecule has 2 heterocycles. The summed E-state index contributed by atoms with van der Waals surface area (Å²) in [5.74, 6) is -2.31. The normalized spacial score (nSPS) is 11.2. The van der Waals surface area contributed by atoms with Crippen LogP contribution in [0, 0.1) is 0 Å². The number of anilines is 3. The molecule has 0 aliphatic carbocycles. The van der Waals surface area contributed by atoms with Gasteiger partial charge in [-0.3, -0.25) is 9.22 Å². The van der Waals surface area contributed by atoms with Crippen molar-refractivity contribution in [2.24, 2.45) is 10.2 Å². The van der Waals surface area contributed by atoms with Gasteiger partial charge in [0, 0.05) is 11.3 Å². The molecule has 0 amide bonds. The van der Waals surface area contributed by atoms with Crippen LogP contribution in [0.5, 0.6) is 5.75 Å². The summed E-state index contributed by atoms with van der Waals surface area (Å²) in [6, 6.07) is 8.67. The molecule has 0 spiro atoms. The Balaban J connectivity index is 0.00000433. The number of carboxylic acids is 1. The minimum absolute atomic E-state index is 0. The van der Waals surface area contributed by atoms with Gasteiger partial charge in [-0.2, -0.15) is 9.32 Å². The van der Waals surface area contributed by atoms with Crippen molar-refractivity contribution in [3.63, 3.8) is 0 Å². The first-order chi connectivity index (χ1) is 22.7. The van der Waals surface area contributed by atoms with E-state index in [1.807, 2.05) is 0 Å². The first-order valence-corrected chi connectivity index (χ1v) is 16.7. The molecule has 0 saturated heterocycles. The molecule has 0 radical (unpaired) electrons. The van der Waals surface area contributed by atoms with Gasteiger partial charge in [0.15, 0.2) is 9.84 Å². The molecule has 0 saturated carbocycles. The Hall–Kier alpha value is -1.59. The van der Waals surface area contributed by atoms with Crippen LogP contribution in [0.1, 0.15) is 10.4 Å². The Morgan fingerprint density at radius 3 is 2.29 bits per heavy atom. The molecule has 0 fully saturated rings. The van der Waals surface area contributed by atoms with Crippen LogP contribution in [0.4, 0.5) is 28.7 Å². The van der Waals surface area contributed by atoms with E-state index in [0.29, 0.717) is 12.0 Å². The van der Waals surface area contributed by atoms with E-state index in [-0.39, 0.29) is 150 Å². The average molecular weight is 812 g/mol. The van der Waals surface area contributed by atoms with Gasteiger partial charge in [0.2, 0.25) is 10.4 Å². The third-order valence-electron chi connectivity index (χ3n) is 5.77. The topological polar surface area (TPSA) is 297 Å². The van der Waals surface area contributed by atoms with Crippen LogP contribution in [0.2, 0.25) is 5.28 Å². The second-order valence-electron chi connectivity index (χ2n) is 8.84. The van der Waals surface area contributed by atoms with Crippen molar-refractivity contribution in [2.45, 2.75) is 9.79 Å². The molecule has 4 aromatic rings. The monoisotopic (exact) mass is 811 g/mol. The van der Waals surface area contributed by atoms with Gasteiger partial charge in [-0.05, 0) is 64.0 Å². The van der Waals surface area contributed by atoms with E-state index < -0.39 is 38.6 Å². The first-order valence-electron chi connectivity index (χ1n) is 12.6. The fourth-order valence-corrected chi connectivity index (χ4v) is 5.70. The van der Waals surface area contributed by atoms with Crippen molar-refractivity contribution in [3.05, 3.63) is 65.7 Å². The van der Waals surface area contributed by atoms with Crippen LogP contribution in [-0.4, -0.2) is 61.8 Å². The van der Waals surface area contributed by atoms with E-state index in [4.69, 9.17) is 22.1 Å². The molecule has 254 valence electrons. The fourth-order valence-electron chi connectivity index (χ4n) is 3.63. The van der Waals surface area contributed by atoms with Crippen LogP contribution in [-0.2, 0) is 33.8 Å². The molecule has 0 bridgehead atoms. The standard InChI is InChI=1S/C24H21ClN8O12S3.3Na/c1-42-19-3-2-14(47(37,38)9-8-43-48(39,40)41)10-18(19)32-31-17-12-20(46-45-44-36)15(26)11-16(17)27-23-28-22(25)29-24(30-23)33-6-4-13(5-7-33)21(34)35;;;/h2-7,10-12H,8-9H2,1H3,(H5-,26,27,28,29,30,32,34,35,36,39,40,41);;;/q;3*+1/p-2. The third-order valence-corrected chi connectivity index (χ3v) is 8.73. The number of ether oxygens (including phenoxy) is 1. The van der Waals surface area contributed by atoms with Gasteiger partial charge < -0.3 is 35.5 Å². The SMILES string of the molecule is COc1ccc(S(=O)(=O)CCOS(=O)(=O)[O-])cc1N=Nc1cc(SOO[O-])c(N)cc1Nc1nc(Cl)nc(-[n+]2ccc(C(=O)[O-])cc2)n1.[Na+].[Na+].[Na+]. The third kappa shape index (κ3) is 14.0. The van der Waals surface area contributed by atoms with E-state index >= 15 is 0 Å². The van der Waals surface area contributed by atoms with Gasteiger partial charge in [-0.25, -0.2) is 21.4 Å². The number of carboxylic acid groups (broad SMARTS) is 1. The number of carbonyl (C=O) groups is 1. The van der Waals surface area contributed by atoms with Crippen molar-refractivity contribution in [3.8, 4) is 11.7 Å². The molecule has 51 heavy (non-hydrogen) atoms. The molecule has 0 aliphatic rings. The van der Waals surface area contributed by atoms with Gasteiger partial charge in [0.25, 0.3) is 0 Å². The molecule has 0 unspecified atom stereocenters. The van der Waals surface area contributed by atoms with Crippen LogP contribution >= 0.6 is 23.6 Å². The Morgan fingerprint density at radius 1 is 1.02 bits per heavy atom.